The number of rotatable bonds is 2. The van der Waals surface area contributed by atoms with Gasteiger partial charge in [-0.25, -0.2) is 0 Å². The van der Waals surface area contributed by atoms with Crippen LogP contribution in [0.4, 0.5) is 0 Å². The second-order valence-electron chi connectivity index (χ2n) is 1.54. The van der Waals surface area contributed by atoms with Crippen molar-refractivity contribution in [3.63, 3.8) is 0 Å². The van der Waals surface area contributed by atoms with E-state index in [1.54, 1.807) is 6.92 Å². The Morgan fingerprint density at radius 3 is 1.80 bits per heavy atom. The molecule has 10 heavy (non-hydrogen) atoms. The number of hydrogen-bond donors (Lipinski definition) is 2. The molecule has 0 amide bonds. The first kappa shape index (κ1) is 12.2. The third-order valence-corrected chi connectivity index (χ3v) is 0.756. The summed E-state index contributed by atoms with van der Waals surface area (Å²) in [6, 6.07) is 0. The van der Waals surface area contributed by atoms with Crippen molar-refractivity contribution in [1.82, 2.24) is 5.32 Å². The maximum Gasteiger partial charge on any atom is 0.104 e. The molecule has 0 aromatic rings. The highest BCUT2D eigenvalue weighted by Gasteiger charge is 1.62. The van der Waals surface area contributed by atoms with Crippen LogP contribution in [0.3, 0.4) is 0 Å². The largest absolute Gasteiger partial charge is 0.384 e. The zero-order valence-corrected chi connectivity index (χ0v) is 7.07. The van der Waals surface area contributed by atoms with Crippen molar-refractivity contribution in [1.29, 1.82) is 0 Å². The maximum atomic E-state index is 7.89. The Kier molecular flexibility index (Phi) is 19.3. The summed E-state index contributed by atoms with van der Waals surface area (Å²) in [5, 5.41) is 11.0. The minimum Gasteiger partial charge on any atom is -0.384 e. The zero-order valence-electron chi connectivity index (χ0n) is 7.07. The van der Waals surface area contributed by atoms with E-state index in [0.717, 1.165) is 13.1 Å². The minimum atomic E-state index is -0.0174. The van der Waals surface area contributed by atoms with E-state index in [1.165, 1.54) is 0 Å². The van der Waals surface area contributed by atoms with Gasteiger partial charge in [0.05, 0.1) is 0 Å². The van der Waals surface area contributed by atoms with E-state index in [-0.39, 0.29) is 6.61 Å². The summed E-state index contributed by atoms with van der Waals surface area (Å²) in [5.74, 6) is 4.93. The Balaban J connectivity index is 0. The Bertz CT molecular complexity index is 89.2. The standard InChI is InChI=1S/C4H11N.C4H6O/c1-3-5-4-2;1-2-3-4-5/h5H,3-4H2,1-2H3;5H,4H2,1H3. The highest BCUT2D eigenvalue weighted by atomic mass is 16.2. The molecule has 0 fully saturated rings. The first-order chi connectivity index (χ1) is 4.83. The fourth-order valence-electron chi connectivity index (χ4n) is 0.329. The van der Waals surface area contributed by atoms with Gasteiger partial charge in [0.2, 0.25) is 0 Å². The van der Waals surface area contributed by atoms with E-state index in [0.29, 0.717) is 0 Å². The first-order valence-electron chi connectivity index (χ1n) is 3.54. The van der Waals surface area contributed by atoms with E-state index in [1.807, 2.05) is 0 Å². The van der Waals surface area contributed by atoms with Crippen molar-refractivity contribution in [2.45, 2.75) is 20.8 Å². The van der Waals surface area contributed by atoms with Gasteiger partial charge in [-0.2, -0.15) is 0 Å². The van der Waals surface area contributed by atoms with Crippen molar-refractivity contribution in [2.24, 2.45) is 0 Å². The highest BCUT2D eigenvalue weighted by molar-refractivity contribution is 4.93. The molecule has 0 aromatic carbocycles. The molecule has 0 spiro atoms. The van der Waals surface area contributed by atoms with E-state index in [4.69, 9.17) is 5.11 Å². The van der Waals surface area contributed by atoms with Gasteiger partial charge in [-0.3, -0.25) is 0 Å². The second-order valence-corrected chi connectivity index (χ2v) is 1.54. The molecule has 60 valence electrons. The molecule has 2 nitrogen and oxygen atoms in total. The van der Waals surface area contributed by atoms with Crippen LogP contribution in [-0.2, 0) is 0 Å². The summed E-state index contributed by atoms with van der Waals surface area (Å²) in [7, 11) is 0. The number of aliphatic hydroxyl groups excluding tert-OH is 1. The molecule has 0 radical (unpaired) electrons. The number of aliphatic hydroxyl groups is 1. The Morgan fingerprint density at radius 1 is 1.30 bits per heavy atom. The molecule has 0 saturated carbocycles. The Labute approximate surface area is 63.6 Å². The zero-order chi connectivity index (χ0) is 8.24. The van der Waals surface area contributed by atoms with Crippen molar-refractivity contribution < 1.29 is 5.11 Å². The fraction of sp³-hybridized carbons (Fsp3) is 0.750. The van der Waals surface area contributed by atoms with E-state index in [2.05, 4.69) is 31.0 Å². The van der Waals surface area contributed by atoms with Crippen LogP contribution in [0.1, 0.15) is 20.8 Å². The molecule has 0 rings (SSSR count). The fourth-order valence-corrected chi connectivity index (χ4v) is 0.329. The van der Waals surface area contributed by atoms with Crippen LogP contribution in [0.2, 0.25) is 0 Å². The average Bonchev–Trinajstić information content (AvgIpc) is 1.93. The van der Waals surface area contributed by atoms with Gasteiger partial charge >= 0.3 is 0 Å². The van der Waals surface area contributed by atoms with Crippen LogP contribution in [-0.4, -0.2) is 24.8 Å². The predicted octanol–water partition coefficient (Wildman–Crippen LogP) is 0.618. The lowest BCUT2D eigenvalue weighted by Crippen LogP contribution is -2.09. The molecule has 0 heterocycles. The third kappa shape index (κ3) is 25.9. The topological polar surface area (TPSA) is 32.3 Å². The number of hydrogen-bond acceptors (Lipinski definition) is 2. The third-order valence-electron chi connectivity index (χ3n) is 0.756. The van der Waals surface area contributed by atoms with Gasteiger partial charge in [-0.15, -0.1) is 5.92 Å². The summed E-state index contributed by atoms with van der Waals surface area (Å²) in [6.45, 7) is 8.06. The second kappa shape index (κ2) is 15.8. The monoisotopic (exact) mass is 143 g/mol. The van der Waals surface area contributed by atoms with E-state index in [9.17, 15) is 0 Å². The molecule has 0 aliphatic carbocycles. The lowest BCUT2D eigenvalue weighted by Gasteiger charge is -1.86. The van der Waals surface area contributed by atoms with Gasteiger partial charge in [0.1, 0.15) is 6.61 Å². The molecule has 0 bridgehead atoms. The van der Waals surface area contributed by atoms with Gasteiger partial charge in [0.25, 0.3) is 0 Å². The van der Waals surface area contributed by atoms with Crippen LogP contribution in [0, 0.1) is 11.8 Å². The van der Waals surface area contributed by atoms with Crippen molar-refractivity contribution >= 4 is 0 Å². The predicted molar refractivity (Wildman–Crippen MR) is 44.8 cm³/mol. The molecule has 2 heteroatoms. The molecule has 0 saturated heterocycles. The quantitative estimate of drug-likeness (QED) is 0.555. The lowest BCUT2D eigenvalue weighted by molar-refractivity contribution is 0.350. The first-order valence-corrected chi connectivity index (χ1v) is 3.54. The van der Waals surface area contributed by atoms with Gasteiger partial charge in [0, 0.05) is 0 Å². The van der Waals surface area contributed by atoms with Crippen LogP contribution < -0.4 is 5.32 Å². The smallest absolute Gasteiger partial charge is 0.104 e. The average molecular weight is 143 g/mol. The van der Waals surface area contributed by atoms with Crippen molar-refractivity contribution in [3.05, 3.63) is 0 Å². The normalized spacial score (nSPS) is 6.80. The summed E-state index contributed by atoms with van der Waals surface area (Å²) < 4.78 is 0. The SMILES string of the molecule is CC#CCO.CCNCC. The summed E-state index contributed by atoms with van der Waals surface area (Å²) in [5.41, 5.74) is 0. The number of nitrogens with one attached hydrogen (secondary N) is 1. The van der Waals surface area contributed by atoms with E-state index >= 15 is 0 Å². The van der Waals surface area contributed by atoms with Gasteiger partial charge in [-0.05, 0) is 20.0 Å². The van der Waals surface area contributed by atoms with Crippen LogP contribution in [0.5, 0.6) is 0 Å². The molecule has 0 atom stereocenters. The molecule has 0 unspecified atom stereocenters. The van der Waals surface area contributed by atoms with Gasteiger partial charge in [0.15, 0.2) is 0 Å². The summed E-state index contributed by atoms with van der Waals surface area (Å²) in [6.07, 6.45) is 0. The maximum absolute atomic E-state index is 7.89. The van der Waals surface area contributed by atoms with Gasteiger partial charge in [-0.1, -0.05) is 19.8 Å². The molecular formula is C8H17NO. The van der Waals surface area contributed by atoms with Crippen LogP contribution in [0.25, 0.3) is 0 Å². The van der Waals surface area contributed by atoms with E-state index < -0.39 is 0 Å². The van der Waals surface area contributed by atoms with Gasteiger partial charge < -0.3 is 10.4 Å². The summed E-state index contributed by atoms with van der Waals surface area (Å²) >= 11 is 0. The highest BCUT2D eigenvalue weighted by Crippen LogP contribution is 1.47. The lowest BCUT2D eigenvalue weighted by atomic mass is 10.6. The molecule has 0 aliphatic heterocycles. The van der Waals surface area contributed by atoms with Crippen LogP contribution in [0.15, 0.2) is 0 Å². The molecule has 0 aliphatic rings. The molecular weight excluding hydrogens is 126 g/mol. The summed E-state index contributed by atoms with van der Waals surface area (Å²) in [4.78, 5) is 0. The molecule has 0 aromatic heterocycles. The molecule has 2 N–H and O–H groups in total. The Morgan fingerprint density at radius 2 is 1.80 bits per heavy atom. The van der Waals surface area contributed by atoms with Crippen LogP contribution >= 0.6 is 0 Å². The Hall–Kier alpha value is -0.520. The minimum absolute atomic E-state index is 0.0174. The van der Waals surface area contributed by atoms with Crippen molar-refractivity contribution in [2.75, 3.05) is 19.7 Å². The van der Waals surface area contributed by atoms with Crippen molar-refractivity contribution in [3.8, 4) is 11.8 Å².